The van der Waals surface area contributed by atoms with Gasteiger partial charge in [0.05, 0.1) is 24.7 Å². The fraction of sp³-hybridized carbons (Fsp3) is 0.583. The van der Waals surface area contributed by atoms with Crippen LogP contribution in [-0.2, 0) is 21.1 Å². The number of sulfone groups is 1. The third-order valence-electron chi connectivity index (χ3n) is 3.18. The Bertz CT molecular complexity index is 548. The minimum Gasteiger partial charge on any atom is -0.463 e. The number of ether oxygens (including phenoxy) is 1. The first-order valence-electron chi connectivity index (χ1n) is 6.12. The zero-order valence-corrected chi connectivity index (χ0v) is 11.5. The van der Waals surface area contributed by atoms with Crippen LogP contribution in [0.15, 0.2) is 16.5 Å². The van der Waals surface area contributed by atoms with Crippen molar-refractivity contribution in [3.8, 4) is 0 Å². The van der Waals surface area contributed by atoms with Gasteiger partial charge in [-0.1, -0.05) is 0 Å². The molecular formula is C12H17NO5S. The molecule has 2 rings (SSSR count). The molecule has 0 amide bonds. The van der Waals surface area contributed by atoms with Crippen molar-refractivity contribution in [3.05, 3.63) is 23.7 Å². The van der Waals surface area contributed by atoms with Gasteiger partial charge in [0.25, 0.3) is 0 Å². The Morgan fingerprint density at radius 1 is 1.53 bits per heavy atom. The van der Waals surface area contributed by atoms with Crippen molar-refractivity contribution >= 4 is 15.8 Å². The highest BCUT2D eigenvalue weighted by molar-refractivity contribution is 7.92. The van der Waals surface area contributed by atoms with Crippen molar-refractivity contribution in [2.75, 3.05) is 19.4 Å². The summed E-state index contributed by atoms with van der Waals surface area (Å²) in [7, 11) is -1.64. The molecule has 1 aromatic rings. The molecule has 2 heterocycles. The van der Waals surface area contributed by atoms with E-state index < -0.39 is 15.8 Å². The van der Waals surface area contributed by atoms with Crippen LogP contribution in [0.5, 0.6) is 0 Å². The van der Waals surface area contributed by atoms with E-state index in [4.69, 9.17) is 4.42 Å². The second-order valence-corrected chi connectivity index (χ2v) is 6.92. The van der Waals surface area contributed by atoms with Gasteiger partial charge in [-0.2, -0.15) is 0 Å². The molecule has 6 nitrogen and oxygen atoms in total. The van der Waals surface area contributed by atoms with Crippen LogP contribution in [0.3, 0.4) is 0 Å². The van der Waals surface area contributed by atoms with Crippen molar-refractivity contribution in [1.29, 1.82) is 0 Å². The van der Waals surface area contributed by atoms with E-state index in [0.29, 0.717) is 25.3 Å². The van der Waals surface area contributed by atoms with E-state index in [2.05, 4.69) is 10.1 Å². The molecule has 1 N–H and O–H groups in total. The van der Waals surface area contributed by atoms with Crippen molar-refractivity contribution < 1.29 is 22.4 Å². The molecule has 0 saturated carbocycles. The summed E-state index contributed by atoms with van der Waals surface area (Å²) in [5.74, 6) is 0.486. The van der Waals surface area contributed by atoms with Gasteiger partial charge in [0.1, 0.15) is 5.76 Å². The molecule has 7 heteroatoms. The Kier molecular flexibility index (Phi) is 4.26. The number of furan rings is 1. The summed E-state index contributed by atoms with van der Waals surface area (Å²) in [6.45, 7) is 0.805. The summed E-state index contributed by atoms with van der Waals surface area (Å²) in [4.78, 5) is 11.2. The SMILES string of the molecule is COC(=O)c1ccc(CNCC2CCCS2(=O)=O)o1. The number of esters is 1. The average molecular weight is 287 g/mol. The fourth-order valence-electron chi connectivity index (χ4n) is 2.13. The van der Waals surface area contributed by atoms with Gasteiger partial charge in [0, 0.05) is 6.54 Å². The number of carbonyl (C=O) groups is 1. The standard InChI is InChI=1S/C12H17NO5S/c1-17-12(14)11-5-4-9(18-11)7-13-8-10-3-2-6-19(10,15)16/h4-5,10,13H,2-3,6-8H2,1H3. The summed E-state index contributed by atoms with van der Waals surface area (Å²) in [5.41, 5.74) is 0. The maximum Gasteiger partial charge on any atom is 0.373 e. The van der Waals surface area contributed by atoms with Crippen molar-refractivity contribution in [1.82, 2.24) is 5.32 Å². The van der Waals surface area contributed by atoms with Gasteiger partial charge in [-0.25, -0.2) is 13.2 Å². The molecule has 1 fully saturated rings. The van der Waals surface area contributed by atoms with Gasteiger partial charge < -0.3 is 14.5 Å². The van der Waals surface area contributed by atoms with Gasteiger partial charge in [0.15, 0.2) is 9.84 Å². The summed E-state index contributed by atoms with van der Waals surface area (Å²) in [6, 6.07) is 3.21. The van der Waals surface area contributed by atoms with Gasteiger partial charge in [0.2, 0.25) is 5.76 Å². The van der Waals surface area contributed by atoms with Crippen LogP contribution >= 0.6 is 0 Å². The molecule has 0 radical (unpaired) electrons. The van der Waals surface area contributed by atoms with Crippen LogP contribution in [0, 0.1) is 0 Å². The maximum absolute atomic E-state index is 11.6. The molecule has 1 atom stereocenters. The largest absolute Gasteiger partial charge is 0.463 e. The fourth-order valence-corrected chi connectivity index (χ4v) is 3.93. The van der Waals surface area contributed by atoms with Crippen LogP contribution in [0.4, 0.5) is 0 Å². The summed E-state index contributed by atoms with van der Waals surface area (Å²) < 4.78 is 33.0. The Labute approximate surface area is 112 Å². The highest BCUT2D eigenvalue weighted by Crippen LogP contribution is 2.19. The molecule has 0 aliphatic carbocycles. The van der Waals surface area contributed by atoms with Crippen LogP contribution in [0.1, 0.15) is 29.2 Å². The highest BCUT2D eigenvalue weighted by Gasteiger charge is 2.30. The number of nitrogens with one attached hydrogen (secondary N) is 1. The summed E-state index contributed by atoms with van der Waals surface area (Å²) in [6.07, 6.45) is 1.45. The molecule has 0 bridgehead atoms. The molecule has 0 aromatic carbocycles. The first-order valence-corrected chi connectivity index (χ1v) is 7.84. The van der Waals surface area contributed by atoms with Gasteiger partial charge in [-0.05, 0) is 25.0 Å². The number of hydrogen-bond donors (Lipinski definition) is 1. The van der Waals surface area contributed by atoms with E-state index in [1.54, 1.807) is 6.07 Å². The second kappa shape index (κ2) is 5.75. The maximum atomic E-state index is 11.6. The van der Waals surface area contributed by atoms with Crippen molar-refractivity contribution in [2.24, 2.45) is 0 Å². The third kappa shape index (κ3) is 3.36. The molecule has 1 unspecified atom stereocenters. The molecule has 0 spiro atoms. The molecule has 1 aromatic heterocycles. The minimum atomic E-state index is -2.92. The predicted octanol–water partition coefficient (Wildman–Crippen LogP) is 0.733. The van der Waals surface area contributed by atoms with Crippen LogP contribution in [0.25, 0.3) is 0 Å². The van der Waals surface area contributed by atoms with E-state index in [1.165, 1.54) is 13.2 Å². The summed E-state index contributed by atoms with van der Waals surface area (Å²) >= 11 is 0. The topological polar surface area (TPSA) is 85.6 Å². The smallest absolute Gasteiger partial charge is 0.373 e. The monoisotopic (exact) mass is 287 g/mol. The number of hydrogen-bond acceptors (Lipinski definition) is 6. The molecule has 1 saturated heterocycles. The van der Waals surface area contributed by atoms with Crippen LogP contribution in [-0.4, -0.2) is 39.0 Å². The van der Waals surface area contributed by atoms with Crippen molar-refractivity contribution in [2.45, 2.75) is 24.6 Å². The van der Waals surface area contributed by atoms with Crippen molar-refractivity contribution in [3.63, 3.8) is 0 Å². The lowest BCUT2D eigenvalue weighted by atomic mass is 10.2. The van der Waals surface area contributed by atoms with Gasteiger partial charge >= 0.3 is 5.97 Å². The van der Waals surface area contributed by atoms with E-state index in [1.807, 2.05) is 0 Å². The minimum absolute atomic E-state index is 0.146. The molecule has 19 heavy (non-hydrogen) atoms. The number of carbonyl (C=O) groups excluding carboxylic acids is 1. The normalized spacial score (nSPS) is 21.4. The van der Waals surface area contributed by atoms with E-state index in [0.717, 1.165) is 6.42 Å². The van der Waals surface area contributed by atoms with Crippen LogP contribution < -0.4 is 5.32 Å². The zero-order chi connectivity index (χ0) is 13.9. The van der Waals surface area contributed by atoms with E-state index in [-0.39, 0.29) is 16.8 Å². The first kappa shape index (κ1) is 14.1. The zero-order valence-electron chi connectivity index (χ0n) is 10.7. The Balaban J connectivity index is 1.83. The predicted molar refractivity (Wildman–Crippen MR) is 68.6 cm³/mol. The lowest BCUT2D eigenvalue weighted by Gasteiger charge is -2.09. The van der Waals surface area contributed by atoms with E-state index in [9.17, 15) is 13.2 Å². The molecule has 1 aliphatic heterocycles. The first-order chi connectivity index (χ1) is 9.03. The highest BCUT2D eigenvalue weighted by atomic mass is 32.2. The lowest BCUT2D eigenvalue weighted by molar-refractivity contribution is 0.0563. The van der Waals surface area contributed by atoms with Crippen LogP contribution in [0.2, 0.25) is 0 Å². The molecule has 1 aliphatic rings. The number of rotatable bonds is 5. The summed E-state index contributed by atoms with van der Waals surface area (Å²) in [5, 5.41) is 2.74. The Hall–Kier alpha value is -1.34. The quantitative estimate of drug-likeness (QED) is 0.804. The second-order valence-electron chi connectivity index (χ2n) is 4.52. The van der Waals surface area contributed by atoms with E-state index >= 15 is 0 Å². The van der Waals surface area contributed by atoms with Gasteiger partial charge in [-0.3, -0.25) is 0 Å². The molecule has 106 valence electrons. The Morgan fingerprint density at radius 3 is 2.95 bits per heavy atom. The lowest BCUT2D eigenvalue weighted by Crippen LogP contribution is -2.30. The van der Waals surface area contributed by atoms with Gasteiger partial charge in [-0.15, -0.1) is 0 Å². The Morgan fingerprint density at radius 2 is 2.32 bits per heavy atom. The third-order valence-corrected chi connectivity index (χ3v) is 5.46. The number of methoxy groups -OCH3 is 1. The molecular weight excluding hydrogens is 270 g/mol. The average Bonchev–Trinajstić information content (AvgIpc) is 2.96.